The zero-order valence-corrected chi connectivity index (χ0v) is 10.6. The molecular weight excluding hydrogens is 276 g/mol. The average molecular weight is 287 g/mol. The van der Waals surface area contributed by atoms with Crippen molar-refractivity contribution in [2.45, 2.75) is 11.2 Å². The number of halogens is 1. The molecule has 5 heteroatoms. The lowest BCUT2D eigenvalue weighted by Gasteiger charge is -2.04. The summed E-state index contributed by atoms with van der Waals surface area (Å²) in [7, 11) is 1.68. The highest BCUT2D eigenvalue weighted by Gasteiger charge is 2.12. The maximum atomic E-state index is 5.15. The summed E-state index contributed by atoms with van der Waals surface area (Å²) in [6.07, 6.45) is 4.46. The van der Waals surface area contributed by atoms with Gasteiger partial charge in [0.1, 0.15) is 11.6 Å². The summed E-state index contributed by atoms with van der Waals surface area (Å²) in [4.78, 5) is 8.83. The predicted octanol–water partition coefficient (Wildman–Crippen LogP) is 3.16. The second kappa shape index (κ2) is 4.81. The van der Waals surface area contributed by atoms with Gasteiger partial charge in [-0.15, -0.1) is 11.3 Å². The molecule has 2 aromatic rings. The van der Waals surface area contributed by atoms with Gasteiger partial charge in [-0.25, -0.2) is 4.98 Å². The van der Waals surface area contributed by atoms with Crippen LogP contribution in [0.2, 0.25) is 0 Å². The summed E-state index contributed by atoms with van der Waals surface area (Å²) in [5, 5.41) is 2.01. The van der Waals surface area contributed by atoms with Gasteiger partial charge in [0.25, 0.3) is 0 Å². The van der Waals surface area contributed by atoms with Gasteiger partial charge < -0.3 is 9.72 Å². The molecule has 1 atom stereocenters. The van der Waals surface area contributed by atoms with Gasteiger partial charge in [0, 0.05) is 29.1 Å². The van der Waals surface area contributed by atoms with E-state index in [1.807, 2.05) is 17.6 Å². The van der Waals surface area contributed by atoms with Crippen LogP contribution in [0.3, 0.4) is 0 Å². The molecule has 80 valence electrons. The molecular formula is C10H11BrN2OS. The number of aromatic amines is 1. The Morgan fingerprint density at radius 2 is 2.53 bits per heavy atom. The lowest BCUT2D eigenvalue weighted by Crippen LogP contribution is -1.94. The lowest BCUT2D eigenvalue weighted by molar-refractivity contribution is 0.416. The number of aromatic nitrogens is 2. The van der Waals surface area contributed by atoms with E-state index in [4.69, 9.17) is 4.74 Å². The summed E-state index contributed by atoms with van der Waals surface area (Å²) in [5.74, 6) is 1.91. The van der Waals surface area contributed by atoms with E-state index in [1.165, 1.54) is 4.88 Å². The van der Waals surface area contributed by atoms with Crippen LogP contribution in [0.4, 0.5) is 0 Å². The molecule has 15 heavy (non-hydrogen) atoms. The van der Waals surface area contributed by atoms with Gasteiger partial charge in [0.05, 0.1) is 11.9 Å². The molecule has 1 N–H and O–H groups in total. The fourth-order valence-electron chi connectivity index (χ4n) is 1.29. The lowest BCUT2D eigenvalue weighted by atomic mass is 10.2. The number of rotatable bonds is 4. The summed E-state index contributed by atoms with van der Waals surface area (Å²) >= 11 is 5.34. The van der Waals surface area contributed by atoms with Crippen LogP contribution in [0.1, 0.15) is 15.5 Å². The van der Waals surface area contributed by atoms with Crippen LogP contribution in [0.25, 0.3) is 0 Å². The zero-order chi connectivity index (χ0) is 10.7. The minimum atomic E-state index is 0.289. The molecule has 0 aromatic carbocycles. The van der Waals surface area contributed by atoms with Gasteiger partial charge in [0.15, 0.2) is 0 Å². The van der Waals surface area contributed by atoms with Crippen molar-refractivity contribution in [3.8, 4) is 5.75 Å². The minimum Gasteiger partial charge on any atom is -0.496 e. The number of hydrogen-bond donors (Lipinski definition) is 1. The van der Waals surface area contributed by atoms with Crippen molar-refractivity contribution in [1.29, 1.82) is 0 Å². The summed E-state index contributed by atoms with van der Waals surface area (Å²) in [6.45, 7) is 0. The van der Waals surface area contributed by atoms with E-state index in [0.29, 0.717) is 0 Å². The normalized spacial score (nSPS) is 12.7. The summed E-state index contributed by atoms with van der Waals surface area (Å²) in [6, 6.07) is 2.05. The Kier molecular flexibility index (Phi) is 3.43. The number of alkyl halides is 1. The highest BCUT2D eigenvalue weighted by Crippen LogP contribution is 2.33. The Labute approximate surface area is 101 Å². The maximum absolute atomic E-state index is 5.15. The Morgan fingerprint density at radius 1 is 1.67 bits per heavy atom. The molecule has 2 heterocycles. The van der Waals surface area contributed by atoms with Crippen LogP contribution in [0.5, 0.6) is 5.75 Å². The van der Waals surface area contributed by atoms with Crippen LogP contribution >= 0.6 is 27.3 Å². The number of hydrogen-bond acceptors (Lipinski definition) is 3. The van der Waals surface area contributed by atoms with Crippen LogP contribution in [-0.4, -0.2) is 17.1 Å². The molecule has 0 saturated heterocycles. The second-order valence-corrected chi connectivity index (χ2v) is 5.14. The third-order valence-corrected chi connectivity index (χ3v) is 4.21. The number of methoxy groups -OCH3 is 1. The van der Waals surface area contributed by atoms with Crippen LogP contribution in [0, 0.1) is 0 Å². The highest BCUT2D eigenvalue weighted by atomic mass is 79.9. The maximum Gasteiger partial charge on any atom is 0.129 e. The quantitative estimate of drug-likeness (QED) is 0.877. The first-order valence-electron chi connectivity index (χ1n) is 4.54. The zero-order valence-electron chi connectivity index (χ0n) is 8.24. The molecule has 0 radical (unpaired) electrons. The van der Waals surface area contributed by atoms with Gasteiger partial charge in [-0.05, 0) is 6.07 Å². The number of nitrogens with zero attached hydrogens (tertiary/aromatic N) is 1. The molecule has 0 bridgehead atoms. The monoisotopic (exact) mass is 286 g/mol. The fraction of sp³-hybridized carbons (Fsp3) is 0.300. The van der Waals surface area contributed by atoms with E-state index in [0.717, 1.165) is 18.0 Å². The molecule has 1 unspecified atom stereocenters. The number of H-pyrrole nitrogens is 1. The first-order valence-corrected chi connectivity index (χ1v) is 6.34. The van der Waals surface area contributed by atoms with Gasteiger partial charge >= 0.3 is 0 Å². The minimum absolute atomic E-state index is 0.289. The molecule has 0 aliphatic heterocycles. The summed E-state index contributed by atoms with van der Waals surface area (Å²) in [5.41, 5.74) is 0. The second-order valence-electron chi connectivity index (χ2n) is 3.10. The SMILES string of the molecule is COc1csc(C(Br)Cc2ncc[nH]2)c1. The first kappa shape index (κ1) is 10.7. The first-order chi connectivity index (χ1) is 7.29. The van der Waals surface area contributed by atoms with Gasteiger partial charge in [0.2, 0.25) is 0 Å². The topological polar surface area (TPSA) is 37.9 Å². The van der Waals surface area contributed by atoms with Crippen molar-refractivity contribution in [2.24, 2.45) is 0 Å². The van der Waals surface area contributed by atoms with Crippen LogP contribution in [0.15, 0.2) is 23.8 Å². The van der Waals surface area contributed by atoms with Crippen molar-refractivity contribution in [2.75, 3.05) is 7.11 Å². The molecule has 0 amide bonds. The summed E-state index contributed by atoms with van der Waals surface area (Å²) < 4.78 is 5.15. The Morgan fingerprint density at radius 3 is 3.13 bits per heavy atom. The molecule has 3 nitrogen and oxygen atoms in total. The smallest absolute Gasteiger partial charge is 0.129 e. The number of imidazole rings is 1. The van der Waals surface area contributed by atoms with E-state index in [9.17, 15) is 0 Å². The Balaban J connectivity index is 2.04. The van der Waals surface area contributed by atoms with E-state index in [2.05, 4.69) is 25.9 Å². The van der Waals surface area contributed by atoms with Gasteiger partial charge in [-0.1, -0.05) is 15.9 Å². The number of ether oxygens (including phenoxy) is 1. The molecule has 0 aliphatic carbocycles. The van der Waals surface area contributed by atoms with Crippen LogP contribution < -0.4 is 4.74 Å². The molecule has 0 saturated carbocycles. The van der Waals surface area contributed by atoms with Gasteiger partial charge in [-0.2, -0.15) is 0 Å². The standard InChI is InChI=1S/C10H11BrN2OS/c1-14-7-4-9(15-6-7)8(11)5-10-12-2-3-13-10/h2-4,6,8H,5H2,1H3,(H,12,13). The molecule has 0 aliphatic rings. The molecule has 0 fully saturated rings. The van der Waals surface area contributed by atoms with Crippen molar-refractivity contribution >= 4 is 27.3 Å². The Hall–Kier alpha value is -0.810. The Bertz CT molecular complexity index is 413. The van der Waals surface area contributed by atoms with Crippen molar-refractivity contribution in [1.82, 2.24) is 9.97 Å². The number of thiophene rings is 1. The van der Waals surface area contributed by atoms with E-state index in [1.54, 1.807) is 24.6 Å². The van der Waals surface area contributed by atoms with Crippen molar-refractivity contribution in [3.05, 3.63) is 34.5 Å². The third-order valence-electron chi connectivity index (χ3n) is 2.07. The molecule has 2 rings (SSSR count). The fourth-order valence-corrected chi connectivity index (χ4v) is 2.88. The van der Waals surface area contributed by atoms with Gasteiger partial charge in [-0.3, -0.25) is 0 Å². The van der Waals surface area contributed by atoms with E-state index < -0.39 is 0 Å². The predicted molar refractivity (Wildman–Crippen MR) is 64.8 cm³/mol. The van der Waals surface area contributed by atoms with Crippen molar-refractivity contribution in [3.63, 3.8) is 0 Å². The molecule has 2 aromatic heterocycles. The largest absolute Gasteiger partial charge is 0.496 e. The van der Waals surface area contributed by atoms with Crippen molar-refractivity contribution < 1.29 is 4.74 Å². The van der Waals surface area contributed by atoms with E-state index in [-0.39, 0.29) is 4.83 Å². The molecule has 0 spiro atoms. The van der Waals surface area contributed by atoms with Crippen LogP contribution in [-0.2, 0) is 6.42 Å². The average Bonchev–Trinajstić information content (AvgIpc) is 2.86. The number of nitrogens with one attached hydrogen (secondary N) is 1. The van der Waals surface area contributed by atoms with E-state index >= 15 is 0 Å². The highest BCUT2D eigenvalue weighted by molar-refractivity contribution is 9.09. The third kappa shape index (κ3) is 2.60.